The topological polar surface area (TPSA) is 61.4 Å². The summed E-state index contributed by atoms with van der Waals surface area (Å²) in [6.07, 6.45) is 7.60. The third-order valence-electron chi connectivity index (χ3n) is 4.64. The quantitative estimate of drug-likeness (QED) is 0.557. The molecule has 0 saturated heterocycles. The van der Waals surface area contributed by atoms with Crippen LogP contribution < -0.4 is 0 Å². The maximum Gasteiger partial charge on any atom is 0.153 e. The lowest BCUT2D eigenvalue weighted by atomic mass is 9.84. The lowest BCUT2D eigenvalue weighted by molar-refractivity contribution is 0.588. The molecular formula is C21H22N6. The van der Waals surface area contributed by atoms with E-state index in [9.17, 15) is 0 Å². The highest BCUT2D eigenvalue weighted by Crippen LogP contribution is 2.29. The minimum Gasteiger partial charge on any atom is -0.233 e. The monoisotopic (exact) mass is 358 g/mol. The van der Waals surface area contributed by atoms with Crippen LogP contribution in [0.5, 0.6) is 0 Å². The summed E-state index contributed by atoms with van der Waals surface area (Å²) in [6.45, 7) is 8.30. The van der Waals surface area contributed by atoms with Crippen LogP contribution in [0.25, 0.3) is 11.6 Å². The van der Waals surface area contributed by atoms with Gasteiger partial charge in [0.2, 0.25) is 0 Å². The van der Waals surface area contributed by atoms with Crippen molar-refractivity contribution in [3.05, 3.63) is 83.7 Å². The average Bonchev–Trinajstić information content (AvgIpc) is 3.30. The fraction of sp³-hybridized carbons (Fsp3) is 0.238. The van der Waals surface area contributed by atoms with Crippen LogP contribution in [0, 0.1) is 13.8 Å². The third-order valence-corrected chi connectivity index (χ3v) is 4.64. The molecule has 0 spiro atoms. The number of aromatic nitrogens is 6. The van der Waals surface area contributed by atoms with E-state index in [0.717, 1.165) is 34.2 Å². The maximum atomic E-state index is 4.85. The van der Waals surface area contributed by atoms with Gasteiger partial charge in [-0.1, -0.05) is 12.1 Å². The van der Waals surface area contributed by atoms with Gasteiger partial charge in [-0.2, -0.15) is 10.2 Å². The van der Waals surface area contributed by atoms with Crippen LogP contribution in [-0.4, -0.2) is 29.5 Å². The van der Waals surface area contributed by atoms with Gasteiger partial charge in [0.1, 0.15) is 0 Å². The van der Waals surface area contributed by atoms with Gasteiger partial charge in [0.25, 0.3) is 0 Å². The lowest BCUT2D eigenvalue weighted by Gasteiger charge is -2.24. The Morgan fingerprint density at radius 2 is 1.15 bits per heavy atom. The third kappa shape index (κ3) is 3.26. The summed E-state index contributed by atoms with van der Waals surface area (Å²) in [7, 11) is 0. The second-order valence-corrected chi connectivity index (χ2v) is 7.31. The Hall–Kier alpha value is -3.28. The molecule has 0 bridgehead atoms. The fourth-order valence-corrected chi connectivity index (χ4v) is 3.01. The van der Waals surface area contributed by atoms with Crippen LogP contribution in [0.3, 0.4) is 0 Å². The SMILES string of the molecule is Cc1cnn(-c2cccc(C(C)(C)c3cccc(-n4cc(C)cn4)n3)n2)c1. The van der Waals surface area contributed by atoms with E-state index in [4.69, 9.17) is 9.97 Å². The van der Waals surface area contributed by atoms with Gasteiger partial charge < -0.3 is 0 Å². The Labute approximate surface area is 158 Å². The first kappa shape index (κ1) is 17.1. The molecular weight excluding hydrogens is 336 g/mol. The van der Waals surface area contributed by atoms with Gasteiger partial charge in [-0.3, -0.25) is 0 Å². The highest BCUT2D eigenvalue weighted by molar-refractivity contribution is 5.36. The molecule has 0 N–H and O–H groups in total. The minimum atomic E-state index is -0.365. The summed E-state index contributed by atoms with van der Waals surface area (Å²) < 4.78 is 3.59. The molecule has 0 unspecified atom stereocenters. The molecule has 0 saturated carbocycles. The first-order valence-electron chi connectivity index (χ1n) is 8.92. The van der Waals surface area contributed by atoms with Crippen LogP contribution in [0.15, 0.2) is 61.2 Å². The number of hydrogen-bond acceptors (Lipinski definition) is 4. The Bertz CT molecular complexity index is 1000. The molecule has 0 atom stereocenters. The first-order chi connectivity index (χ1) is 12.9. The van der Waals surface area contributed by atoms with E-state index < -0.39 is 0 Å². The minimum absolute atomic E-state index is 0.365. The molecule has 27 heavy (non-hydrogen) atoms. The van der Waals surface area contributed by atoms with Crippen molar-refractivity contribution >= 4 is 0 Å². The predicted octanol–water partition coefficient (Wildman–Crippen LogP) is 3.79. The number of aryl methyl sites for hydroxylation is 2. The number of nitrogens with zero attached hydrogens (tertiary/aromatic N) is 6. The molecule has 6 heteroatoms. The van der Waals surface area contributed by atoms with E-state index in [1.807, 2.05) is 75.0 Å². The molecule has 0 aromatic carbocycles. The molecule has 0 aliphatic carbocycles. The number of rotatable bonds is 4. The zero-order chi connectivity index (χ0) is 19.0. The first-order valence-corrected chi connectivity index (χ1v) is 8.92. The van der Waals surface area contributed by atoms with Crippen LogP contribution in [0.2, 0.25) is 0 Å². The van der Waals surface area contributed by atoms with Gasteiger partial charge in [0, 0.05) is 17.8 Å². The van der Waals surface area contributed by atoms with Crippen molar-refractivity contribution in [2.75, 3.05) is 0 Å². The summed E-state index contributed by atoms with van der Waals surface area (Å²) in [6, 6.07) is 12.0. The van der Waals surface area contributed by atoms with Gasteiger partial charge in [-0.05, 0) is 63.1 Å². The van der Waals surface area contributed by atoms with Crippen molar-refractivity contribution in [3.63, 3.8) is 0 Å². The molecule has 0 aliphatic rings. The maximum absolute atomic E-state index is 4.85. The van der Waals surface area contributed by atoms with E-state index in [1.165, 1.54) is 0 Å². The van der Waals surface area contributed by atoms with E-state index >= 15 is 0 Å². The van der Waals surface area contributed by atoms with Crippen molar-refractivity contribution in [1.29, 1.82) is 0 Å². The van der Waals surface area contributed by atoms with Gasteiger partial charge in [0.05, 0.1) is 23.8 Å². The highest BCUT2D eigenvalue weighted by atomic mass is 15.3. The summed E-state index contributed by atoms with van der Waals surface area (Å²) in [5.74, 6) is 1.60. The molecule has 0 aliphatic heterocycles. The summed E-state index contributed by atoms with van der Waals surface area (Å²) in [5, 5.41) is 8.73. The molecule has 136 valence electrons. The van der Waals surface area contributed by atoms with Crippen molar-refractivity contribution in [1.82, 2.24) is 29.5 Å². The van der Waals surface area contributed by atoms with Crippen molar-refractivity contribution < 1.29 is 0 Å². The van der Waals surface area contributed by atoms with Crippen molar-refractivity contribution in [3.8, 4) is 11.6 Å². The van der Waals surface area contributed by atoms with Gasteiger partial charge >= 0.3 is 0 Å². The lowest BCUT2D eigenvalue weighted by Crippen LogP contribution is -2.23. The molecule has 4 rings (SSSR count). The summed E-state index contributed by atoms with van der Waals surface area (Å²) >= 11 is 0. The standard InChI is InChI=1S/C21H22N6/c1-15-11-22-26(13-15)19-9-5-7-17(24-19)21(3,4)18-8-6-10-20(25-18)27-14-16(2)12-23-27/h5-14H,1-4H3. The number of pyridine rings is 2. The van der Waals surface area contributed by atoms with E-state index in [0.29, 0.717) is 0 Å². The Kier molecular flexibility index (Phi) is 4.11. The predicted molar refractivity (Wildman–Crippen MR) is 104 cm³/mol. The Morgan fingerprint density at radius 1 is 0.704 bits per heavy atom. The van der Waals surface area contributed by atoms with E-state index in [1.54, 1.807) is 9.36 Å². The summed E-state index contributed by atoms with van der Waals surface area (Å²) in [5.41, 5.74) is 3.72. The number of hydrogen-bond donors (Lipinski definition) is 0. The molecule has 0 radical (unpaired) electrons. The second-order valence-electron chi connectivity index (χ2n) is 7.31. The van der Waals surface area contributed by atoms with Gasteiger partial charge in [-0.15, -0.1) is 0 Å². The van der Waals surface area contributed by atoms with Crippen LogP contribution in [-0.2, 0) is 5.41 Å². The van der Waals surface area contributed by atoms with Crippen LogP contribution in [0.1, 0.15) is 36.4 Å². The van der Waals surface area contributed by atoms with Crippen LogP contribution >= 0.6 is 0 Å². The van der Waals surface area contributed by atoms with E-state index in [2.05, 4.69) is 24.0 Å². The van der Waals surface area contributed by atoms with Crippen molar-refractivity contribution in [2.45, 2.75) is 33.1 Å². The Morgan fingerprint density at radius 3 is 1.52 bits per heavy atom. The molecule has 4 heterocycles. The molecule has 6 nitrogen and oxygen atoms in total. The molecule has 4 aromatic heterocycles. The summed E-state index contributed by atoms with van der Waals surface area (Å²) in [4.78, 5) is 9.70. The molecule has 0 fully saturated rings. The van der Waals surface area contributed by atoms with Gasteiger partial charge in [0.15, 0.2) is 11.6 Å². The zero-order valence-electron chi connectivity index (χ0n) is 16.0. The Balaban J connectivity index is 1.73. The zero-order valence-corrected chi connectivity index (χ0v) is 16.0. The van der Waals surface area contributed by atoms with Gasteiger partial charge in [-0.25, -0.2) is 19.3 Å². The average molecular weight is 358 g/mol. The molecule has 0 amide bonds. The fourth-order valence-electron chi connectivity index (χ4n) is 3.01. The van der Waals surface area contributed by atoms with E-state index in [-0.39, 0.29) is 5.41 Å². The smallest absolute Gasteiger partial charge is 0.153 e. The largest absolute Gasteiger partial charge is 0.233 e. The normalized spacial score (nSPS) is 11.7. The molecule has 4 aromatic rings. The highest BCUT2D eigenvalue weighted by Gasteiger charge is 2.27. The van der Waals surface area contributed by atoms with Crippen molar-refractivity contribution in [2.24, 2.45) is 0 Å². The van der Waals surface area contributed by atoms with Crippen LogP contribution in [0.4, 0.5) is 0 Å². The second kappa shape index (κ2) is 6.46.